The number of carbonyl (C=O) groups is 2. The number of hydrogen-bond donors (Lipinski definition) is 0. The van der Waals surface area contributed by atoms with Crippen LogP contribution in [-0.2, 0) is 4.79 Å². The molecule has 4 heterocycles. The van der Waals surface area contributed by atoms with E-state index in [0.717, 1.165) is 37.9 Å². The molecule has 0 saturated carbocycles. The minimum atomic E-state index is -0.0831. The Morgan fingerprint density at radius 3 is 2.68 bits per heavy atom. The molecule has 0 N–H and O–H groups in total. The topological polar surface area (TPSA) is 70.8 Å². The number of likely N-dealkylation sites (tertiary alicyclic amines) is 2. The Kier molecular flexibility index (Phi) is 4.15. The SMILES string of the molecule is Cc1cnc2c(C(=O)N3CCC(C(=O)N4CCCCC4)C3)cnn2c1. The van der Waals surface area contributed by atoms with E-state index in [0.29, 0.717) is 24.3 Å². The fourth-order valence-corrected chi connectivity index (χ4v) is 3.81. The van der Waals surface area contributed by atoms with Crippen LogP contribution in [0.2, 0.25) is 0 Å². The molecule has 2 fully saturated rings. The summed E-state index contributed by atoms with van der Waals surface area (Å²) in [6.07, 6.45) is 9.30. The van der Waals surface area contributed by atoms with Crippen molar-refractivity contribution in [3.05, 3.63) is 29.7 Å². The molecule has 7 nitrogen and oxygen atoms in total. The van der Waals surface area contributed by atoms with Gasteiger partial charge in [-0.05, 0) is 38.2 Å². The zero-order chi connectivity index (χ0) is 17.4. The molecule has 2 saturated heterocycles. The molecule has 0 bridgehead atoms. The van der Waals surface area contributed by atoms with Gasteiger partial charge in [0.25, 0.3) is 5.91 Å². The smallest absolute Gasteiger partial charge is 0.259 e. The highest BCUT2D eigenvalue weighted by atomic mass is 16.2. The molecule has 2 amide bonds. The molecule has 2 aromatic rings. The molecule has 7 heteroatoms. The lowest BCUT2D eigenvalue weighted by Gasteiger charge is -2.29. The Bertz CT molecular complexity index is 809. The van der Waals surface area contributed by atoms with Gasteiger partial charge in [0.2, 0.25) is 5.91 Å². The Balaban J connectivity index is 1.47. The van der Waals surface area contributed by atoms with Crippen molar-refractivity contribution in [1.82, 2.24) is 24.4 Å². The first-order chi connectivity index (χ1) is 12.1. The Labute approximate surface area is 146 Å². The van der Waals surface area contributed by atoms with E-state index in [-0.39, 0.29) is 17.7 Å². The van der Waals surface area contributed by atoms with Crippen LogP contribution in [-0.4, -0.2) is 62.4 Å². The minimum absolute atomic E-state index is 0.0703. The van der Waals surface area contributed by atoms with Crippen molar-refractivity contribution in [2.45, 2.75) is 32.6 Å². The predicted molar refractivity (Wildman–Crippen MR) is 92.2 cm³/mol. The summed E-state index contributed by atoms with van der Waals surface area (Å²) < 4.78 is 1.63. The third-order valence-electron chi connectivity index (χ3n) is 5.21. The Morgan fingerprint density at radius 1 is 1.08 bits per heavy atom. The summed E-state index contributed by atoms with van der Waals surface area (Å²) in [4.78, 5) is 33.6. The third kappa shape index (κ3) is 2.99. The molecule has 1 atom stereocenters. The van der Waals surface area contributed by atoms with E-state index in [4.69, 9.17) is 0 Å². The van der Waals surface area contributed by atoms with Crippen LogP contribution in [0.3, 0.4) is 0 Å². The lowest BCUT2D eigenvalue weighted by Crippen LogP contribution is -2.41. The highest BCUT2D eigenvalue weighted by Gasteiger charge is 2.35. The molecule has 1 unspecified atom stereocenters. The summed E-state index contributed by atoms with van der Waals surface area (Å²) in [7, 11) is 0. The maximum absolute atomic E-state index is 12.9. The minimum Gasteiger partial charge on any atom is -0.342 e. The number of hydrogen-bond acceptors (Lipinski definition) is 4. The highest BCUT2D eigenvalue weighted by molar-refractivity contribution is 6.00. The molecule has 2 aliphatic rings. The average molecular weight is 341 g/mol. The Hall–Kier alpha value is -2.44. The normalized spacial score (nSPS) is 21.1. The number of amides is 2. The third-order valence-corrected chi connectivity index (χ3v) is 5.21. The fourth-order valence-electron chi connectivity index (χ4n) is 3.81. The van der Waals surface area contributed by atoms with Gasteiger partial charge in [0.15, 0.2) is 5.65 Å². The second-order valence-electron chi connectivity index (χ2n) is 7.08. The molecule has 25 heavy (non-hydrogen) atoms. The first-order valence-corrected chi connectivity index (χ1v) is 9.01. The molecule has 4 rings (SSSR count). The number of carbonyl (C=O) groups excluding carboxylic acids is 2. The van der Waals surface area contributed by atoms with Crippen molar-refractivity contribution < 1.29 is 9.59 Å². The van der Waals surface area contributed by atoms with E-state index in [1.165, 1.54) is 6.42 Å². The van der Waals surface area contributed by atoms with Crippen molar-refractivity contribution in [2.24, 2.45) is 5.92 Å². The standard InChI is InChI=1S/C18H23N5O2/c1-13-9-19-16-15(10-20-23(16)11-13)18(25)22-8-5-14(12-22)17(24)21-6-3-2-4-7-21/h9-11,14H,2-8,12H2,1H3. The van der Waals surface area contributed by atoms with Crippen LogP contribution in [0.15, 0.2) is 18.6 Å². The van der Waals surface area contributed by atoms with Crippen LogP contribution in [0.1, 0.15) is 41.6 Å². The van der Waals surface area contributed by atoms with E-state index in [9.17, 15) is 9.59 Å². The fraction of sp³-hybridized carbons (Fsp3) is 0.556. The van der Waals surface area contributed by atoms with E-state index in [1.807, 2.05) is 18.0 Å². The molecule has 0 aromatic carbocycles. The summed E-state index contributed by atoms with van der Waals surface area (Å²) in [5, 5.41) is 4.23. The van der Waals surface area contributed by atoms with Gasteiger partial charge in [0.1, 0.15) is 5.56 Å². The van der Waals surface area contributed by atoms with Gasteiger partial charge in [-0.15, -0.1) is 0 Å². The summed E-state index contributed by atoms with van der Waals surface area (Å²) in [6, 6.07) is 0. The van der Waals surface area contributed by atoms with Crippen molar-refractivity contribution in [2.75, 3.05) is 26.2 Å². The molecule has 2 aliphatic heterocycles. The van der Waals surface area contributed by atoms with E-state index in [1.54, 1.807) is 21.8 Å². The summed E-state index contributed by atoms with van der Waals surface area (Å²) in [5.41, 5.74) is 2.07. The van der Waals surface area contributed by atoms with Crippen LogP contribution in [0.25, 0.3) is 5.65 Å². The van der Waals surface area contributed by atoms with Gasteiger partial charge in [0, 0.05) is 38.6 Å². The largest absolute Gasteiger partial charge is 0.342 e. The molecular weight excluding hydrogens is 318 g/mol. The van der Waals surface area contributed by atoms with E-state index >= 15 is 0 Å². The molecule has 0 aliphatic carbocycles. The molecule has 0 spiro atoms. The van der Waals surface area contributed by atoms with Gasteiger partial charge in [-0.2, -0.15) is 5.10 Å². The van der Waals surface area contributed by atoms with E-state index < -0.39 is 0 Å². The molecule has 2 aromatic heterocycles. The number of aromatic nitrogens is 3. The number of piperidine rings is 1. The van der Waals surface area contributed by atoms with Crippen LogP contribution in [0.4, 0.5) is 0 Å². The number of rotatable bonds is 2. The lowest BCUT2D eigenvalue weighted by molar-refractivity contribution is -0.135. The van der Waals surface area contributed by atoms with Gasteiger partial charge in [-0.3, -0.25) is 9.59 Å². The zero-order valence-corrected chi connectivity index (χ0v) is 14.5. The quantitative estimate of drug-likeness (QED) is 0.830. The lowest BCUT2D eigenvalue weighted by atomic mass is 10.0. The van der Waals surface area contributed by atoms with Gasteiger partial charge >= 0.3 is 0 Å². The second-order valence-corrected chi connectivity index (χ2v) is 7.08. The van der Waals surface area contributed by atoms with Gasteiger partial charge in [-0.1, -0.05) is 0 Å². The predicted octanol–water partition coefficient (Wildman–Crippen LogP) is 1.51. The van der Waals surface area contributed by atoms with Crippen molar-refractivity contribution >= 4 is 17.5 Å². The van der Waals surface area contributed by atoms with Gasteiger partial charge in [0.05, 0.1) is 12.1 Å². The van der Waals surface area contributed by atoms with E-state index in [2.05, 4.69) is 10.1 Å². The van der Waals surface area contributed by atoms with Crippen LogP contribution in [0, 0.1) is 12.8 Å². The summed E-state index contributed by atoms with van der Waals surface area (Å²) in [5.74, 6) is 0.0583. The average Bonchev–Trinajstić information content (AvgIpc) is 3.28. The molecular formula is C18H23N5O2. The van der Waals surface area contributed by atoms with Crippen molar-refractivity contribution in [1.29, 1.82) is 0 Å². The van der Waals surface area contributed by atoms with Gasteiger partial charge < -0.3 is 9.80 Å². The number of fused-ring (bicyclic) bond motifs is 1. The van der Waals surface area contributed by atoms with Gasteiger partial charge in [-0.25, -0.2) is 9.50 Å². The van der Waals surface area contributed by atoms with Crippen LogP contribution >= 0.6 is 0 Å². The summed E-state index contributed by atoms with van der Waals surface area (Å²) >= 11 is 0. The molecule has 0 radical (unpaired) electrons. The maximum Gasteiger partial charge on any atom is 0.259 e. The number of aryl methyl sites for hydroxylation is 1. The highest BCUT2D eigenvalue weighted by Crippen LogP contribution is 2.23. The van der Waals surface area contributed by atoms with Crippen molar-refractivity contribution in [3.63, 3.8) is 0 Å². The maximum atomic E-state index is 12.9. The van der Waals surface area contributed by atoms with Crippen LogP contribution in [0.5, 0.6) is 0 Å². The Morgan fingerprint density at radius 2 is 1.88 bits per heavy atom. The zero-order valence-electron chi connectivity index (χ0n) is 14.5. The number of nitrogens with zero attached hydrogens (tertiary/aromatic N) is 5. The first-order valence-electron chi connectivity index (χ1n) is 9.01. The second kappa shape index (κ2) is 6.46. The van der Waals surface area contributed by atoms with Crippen molar-refractivity contribution in [3.8, 4) is 0 Å². The monoisotopic (exact) mass is 341 g/mol. The van der Waals surface area contributed by atoms with Crippen LogP contribution < -0.4 is 0 Å². The first kappa shape index (κ1) is 16.1. The molecule has 132 valence electrons. The summed E-state index contributed by atoms with van der Waals surface area (Å²) in [6.45, 7) is 4.78.